The van der Waals surface area contributed by atoms with Gasteiger partial charge in [-0.25, -0.2) is 4.79 Å². The Morgan fingerprint density at radius 3 is 2.58 bits per heavy atom. The summed E-state index contributed by atoms with van der Waals surface area (Å²) in [5.41, 5.74) is 1.26. The summed E-state index contributed by atoms with van der Waals surface area (Å²) in [5, 5.41) is 14.0. The average molecular weight is 262 g/mol. The topological polar surface area (TPSA) is 55.1 Å². The Kier molecular flexibility index (Phi) is 3.33. The number of aromatic carboxylic acids is 1. The Labute approximate surface area is 113 Å². The molecule has 2 aliphatic carbocycles. The maximum atomic E-state index is 11.4. The molecule has 0 bridgehead atoms. The van der Waals surface area contributed by atoms with Crippen LogP contribution in [0.4, 0.5) is 0 Å². The standard InChI is InChI=1S/C15H22N2O2/c1-10(11-7-8-11)17-9-13(15(18)19)14(16-17)12-5-3-2-4-6-12/h9-12H,2-8H2,1H3,(H,18,19). The van der Waals surface area contributed by atoms with Crippen LogP contribution in [-0.4, -0.2) is 20.9 Å². The predicted octanol–water partition coefficient (Wildman–Crippen LogP) is 3.60. The summed E-state index contributed by atoms with van der Waals surface area (Å²) in [6.07, 6.45) is 10.1. The normalized spacial score (nSPS) is 22.4. The maximum Gasteiger partial charge on any atom is 0.339 e. The molecule has 2 aliphatic rings. The number of carbonyl (C=O) groups is 1. The highest BCUT2D eigenvalue weighted by Crippen LogP contribution is 2.40. The van der Waals surface area contributed by atoms with Crippen molar-refractivity contribution >= 4 is 5.97 Å². The van der Waals surface area contributed by atoms with Gasteiger partial charge < -0.3 is 5.11 Å². The quantitative estimate of drug-likeness (QED) is 0.902. The molecule has 0 radical (unpaired) electrons. The SMILES string of the molecule is CC(C1CC1)n1cc(C(=O)O)c(C2CCCCC2)n1. The maximum absolute atomic E-state index is 11.4. The van der Waals surface area contributed by atoms with Crippen LogP contribution < -0.4 is 0 Å². The van der Waals surface area contributed by atoms with Gasteiger partial charge in [-0.2, -0.15) is 5.10 Å². The number of carboxylic acid groups (broad SMARTS) is 1. The van der Waals surface area contributed by atoms with E-state index in [1.807, 2.05) is 4.68 Å². The van der Waals surface area contributed by atoms with Crippen molar-refractivity contribution in [3.63, 3.8) is 0 Å². The lowest BCUT2D eigenvalue weighted by Gasteiger charge is -2.20. The zero-order chi connectivity index (χ0) is 13.4. The van der Waals surface area contributed by atoms with Crippen LogP contribution in [0.1, 0.15) is 79.9 Å². The fraction of sp³-hybridized carbons (Fsp3) is 0.733. The largest absolute Gasteiger partial charge is 0.478 e. The van der Waals surface area contributed by atoms with Gasteiger partial charge >= 0.3 is 5.97 Å². The predicted molar refractivity (Wildman–Crippen MR) is 72.4 cm³/mol. The minimum Gasteiger partial charge on any atom is -0.478 e. The van der Waals surface area contributed by atoms with E-state index in [1.54, 1.807) is 6.20 Å². The molecule has 2 fully saturated rings. The number of nitrogens with zero attached hydrogens (tertiary/aromatic N) is 2. The van der Waals surface area contributed by atoms with Gasteiger partial charge in [-0.3, -0.25) is 4.68 Å². The van der Waals surface area contributed by atoms with Crippen molar-refractivity contribution in [2.75, 3.05) is 0 Å². The van der Waals surface area contributed by atoms with E-state index in [0.29, 0.717) is 23.4 Å². The Balaban J connectivity index is 1.89. The summed E-state index contributed by atoms with van der Waals surface area (Å²) in [4.78, 5) is 11.4. The fourth-order valence-corrected chi connectivity index (χ4v) is 3.25. The van der Waals surface area contributed by atoms with Gasteiger partial charge in [-0.15, -0.1) is 0 Å². The molecule has 1 atom stereocenters. The smallest absolute Gasteiger partial charge is 0.339 e. The van der Waals surface area contributed by atoms with Crippen molar-refractivity contribution < 1.29 is 9.90 Å². The summed E-state index contributed by atoms with van der Waals surface area (Å²) >= 11 is 0. The molecule has 0 spiro atoms. The van der Waals surface area contributed by atoms with Crippen molar-refractivity contribution in [1.82, 2.24) is 9.78 Å². The molecule has 1 aromatic rings. The van der Waals surface area contributed by atoms with E-state index in [4.69, 9.17) is 0 Å². The molecular weight excluding hydrogens is 240 g/mol. The van der Waals surface area contributed by atoms with Crippen molar-refractivity contribution in [1.29, 1.82) is 0 Å². The second kappa shape index (κ2) is 4.99. The molecule has 3 rings (SSSR count). The van der Waals surface area contributed by atoms with Crippen LogP contribution in [-0.2, 0) is 0 Å². The molecule has 1 aromatic heterocycles. The summed E-state index contributed by atoms with van der Waals surface area (Å²) in [7, 11) is 0. The highest BCUT2D eigenvalue weighted by molar-refractivity contribution is 5.88. The molecule has 2 saturated carbocycles. The number of carboxylic acids is 1. The highest BCUT2D eigenvalue weighted by atomic mass is 16.4. The molecule has 1 N–H and O–H groups in total. The second-order valence-electron chi connectivity index (χ2n) is 6.13. The minimum absolute atomic E-state index is 0.343. The highest BCUT2D eigenvalue weighted by Gasteiger charge is 2.32. The van der Waals surface area contributed by atoms with Gasteiger partial charge in [0.2, 0.25) is 0 Å². The third-order valence-corrected chi connectivity index (χ3v) is 4.70. The molecular formula is C15H22N2O2. The van der Waals surface area contributed by atoms with Crippen LogP contribution in [0.3, 0.4) is 0 Å². The molecule has 0 aromatic carbocycles. The summed E-state index contributed by atoms with van der Waals surface area (Å²) in [5.74, 6) is 0.225. The Morgan fingerprint density at radius 1 is 1.32 bits per heavy atom. The third-order valence-electron chi connectivity index (χ3n) is 4.70. The lowest BCUT2D eigenvalue weighted by molar-refractivity contribution is 0.0694. The number of hydrogen-bond acceptors (Lipinski definition) is 2. The first kappa shape index (κ1) is 12.7. The molecule has 4 nitrogen and oxygen atoms in total. The zero-order valence-electron chi connectivity index (χ0n) is 11.5. The van der Waals surface area contributed by atoms with Gasteiger partial charge in [0.05, 0.1) is 11.7 Å². The van der Waals surface area contributed by atoms with Gasteiger partial charge in [0, 0.05) is 12.1 Å². The first-order valence-corrected chi connectivity index (χ1v) is 7.49. The lowest BCUT2D eigenvalue weighted by atomic mass is 9.85. The van der Waals surface area contributed by atoms with Crippen LogP contribution in [0.5, 0.6) is 0 Å². The number of rotatable bonds is 4. The molecule has 19 heavy (non-hydrogen) atoms. The van der Waals surface area contributed by atoms with Crippen LogP contribution in [0, 0.1) is 5.92 Å². The van der Waals surface area contributed by atoms with Crippen LogP contribution in [0.25, 0.3) is 0 Å². The van der Waals surface area contributed by atoms with Crippen molar-refractivity contribution in [2.24, 2.45) is 5.92 Å². The van der Waals surface area contributed by atoms with Gasteiger partial charge in [0.1, 0.15) is 5.56 Å². The van der Waals surface area contributed by atoms with Gasteiger partial charge in [-0.05, 0) is 38.5 Å². The van der Waals surface area contributed by atoms with Gasteiger partial charge in [0.15, 0.2) is 0 Å². The van der Waals surface area contributed by atoms with E-state index in [-0.39, 0.29) is 0 Å². The van der Waals surface area contributed by atoms with E-state index >= 15 is 0 Å². The van der Waals surface area contributed by atoms with E-state index in [1.165, 1.54) is 32.1 Å². The second-order valence-corrected chi connectivity index (χ2v) is 6.13. The summed E-state index contributed by atoms with van der Waals surface area (Å²) < 4.78 is 1.91. The average Bonchev–Trinajstić information content (AvgIpc) is 3.17. The van der Waals surface area contributed by atoms with E-state index in [9.17, 15) is 9.90 Å². The van der Waals surface area contributed by atoms with Gasteiger partial charge in [0.25, 0.3) is 0 Å². The number of hydrogen-bond donors (Lipinski definition) is 1. The number of aromatic nitrogens is 2. The van der Waals surface area contributed by atoms with Gasteiger partial charge in [-0.1, -0.05) is 19.3 Å². The lowest BCUT2D eigenvalue weighted by Crippen LogP contribution is -2.11. The van der Waals surface area contributed by atoms with E-state index in [0.717, 1.165) is 18.5 Å². The minimum atomic E-state index is -0.824. The first-order chi connectivity index (χ1) is 9.16. The zero-order valence-corrected chi connectivity index (χ0v) is 11.5. The van der Waals surface area contributed by atoms with Crippen molar-refractivity contribution in [3.05, 3.63) is 17.5 Å². The summed E-state index contributed by atoms with van der Waals surface area (Å²) in [6, 6.07) is 0.343. The van der Waals surface area contributed by atoms with E-state index < -0.39 is 5.97 Å². The van der Waals surface area contributed by atoms with E-state index in [2.05, 4.69) is 12.0 Å². The third kappa shape index (κ3) is 2.53. The summed E-state index contributed by atoms with van der Waals surface area (Å²) in [6.45, 7) is 2.15. The molecule has 0 saturated heterocycles. The van der Waals surface area contributed by atoms with Crippen molar-refractivity contribution in [3.8, 4) is 0 Å². The Hall–Kier alpha value is -1.32. The molecule has 104 valence electrons. The monoisotopic (exact) mass is 262 g/mol. The van der Waals surface area contributed by atoms with Crippen LogP contribution >= 0.6 is 0 Å². The Bertz CT molecular complexity index is 470. The molecule has 0 amide bonds. The molecule has 0 aliphatic heterocycles. The van der Waals surface area contributed by atoms with Crippen LogP contribution in [0.2, 0.25) is 0 Å². The Morgan fingerprint density at radius 2 is 2.00 bits per heavy atom. The molecule has 1 heterocycles. The van der Waals surface area contributed by atoms with Crippen molar-refractivity contribution in [2.45, 2.75) is 63.8 Å². The first-order valence-electron chi connectivity index (χ1n) is 7.49. The molecule has 1 unspecified atom stereocenters. The molecule has 4 heteroatoms. The fourth-order valence-electron chi connectivity index (χ4n) is 3.25. The van der Waals surface area contributed by atoms with Crippen LogP contribution in [0.15, 0.2) is 6.20 Å².